The Balaban J connectivity index is 2.16. The number of nitrogens with zero attached hydrogens (tertiary/aromatic N) is 3. The third kappa shape index (κ3) is 2.48. The monoisotopic (exact) mass is 242 g/mol. The van der Waals surface area contributed by atoms with Crippen LogP contribution in [-0.4, -0.2) is 21.3 Å². The predicted octanol–water partition coefficient (Wildman–Crippen LogP) is 1.21. The summed E-state index contributed by atoms with van der Waals surface area (Å²) in [5, 5.41) is 11.2. The second-order valence-corrected chi connectivity index (χ2v) is 4.25. The van der Waals surface area contributed by atoms with E-state index in [1.54, 1.807) is 6.92 Å². The summed E-state index contributed by atoms with van der Waals surface area (Å²) < 4.78 is 1.89. The number of nitriles is 1. The van der Waals surface area contributed by atoms with Crippen molar-refractivity contribution in [2.75, 3.05) is 0 Å². The minimum atomic E-state index is -0.476. The minimum absolute atomic E-state index is 0.188. The maximum atomic E-state index is 11.6. The van der Waals surface area contributed by atoms with Crippen LogP contribution in [0, 0.1) is 18.3 Å². The second kappa shape index (κ2) is 4.88. The summed E-state index contributed by atoms with van der Waals surface area (Å²) >= 11 is 0. The van der Waals surface area contributed by atoms with Crippen LogP contribution in [0.4, 0.5) is 0 Å². The molecule has 18 heavy (non-hydrogen) atoms. The molecule has 0 aliphatic rings. The highest BCUT2D eigenvalue weighted by Gasteiger charge is 2.10. The standard InChI is InChI=1S/C13H14N4O/c1-9-4-3-5-17-8-11(16-13(9)17)6-12(18)15-10(2)7-14/h3-5,8,10H,6H2,1-2H3,(H,15,18)/t10-/m1/s1. The quantitative estimate of drug-likeness (QED) is 0.879. The number of amides is 1. The van der Waals surface area contributed by atoms with Crippen LogP contribution >= 0.6 is 0 Å². The fourth-order valence-electron chi connectivity index (χ4n) is 1.78. The Bertz CT molecular complexity index is 623. The Hall–Kier alpha value is -2.35. The average molecular weight is 242 g/mol. The third-order valence-electron chi connectivity index (χ3n) is 2.64. The first kappa shape index (κ1) is 12.1. The number of fused-ring (bicyclic) bond motifs is 1. The molecule has 0 radical (unpaired) electrons. The van der Waals surface area contributed by atoms with Crippen LogP contribution in [0.2, 0.25) is 0 Å². The van der Waals surface area contributed by atoms with Crippen molar-refractivity contribution in [3.63, 3.8) is 0 Å². The summed E-state index contributed by atoms with van der Waals surface area (Å²) in [6, 6.07) is 5.40. The van der Waals surface area contributed by atoms with Crippen molar-refractivity contribution in [1.29, 1.82) is 5.26 Å². The average Bonchev–Trinajstić information content (AvgIpc) is 2.72. The van der Waals surface area contributed by atoms with E-state index in [9.17, 15) is 4.79 Å². The van der Waals surface area contributed by atoms with Crippen molar-refractivity contribution in [3.8, 4) is 6.07 Å². The predicted molar refractivity (Wildman–Crippen MR) is 66.9 cm³/mol. The van der Waals surface area contributed by atoms with Crippen molar-refractivity contribution in [1.82, 2.24) is 14.7 Å². The van der Waals surface area contributed by atoms with E-state index in [0.717, 1.165) is 11.2 Å². The molecule has 92 valence electrons. The molecule has 1 atom stereocenters. The molecule has 2 aromatic heterocycles. The molecule has 1 amide bonds. The van der Waals surface area contributed by atoms with Gasteiger partial charge in [0, 0.05) is 12.4 Å². The van der Waals surface area contributed by atoms with E-state index >= 15 is 0 Å². The van der Waals surface area contributed by atoms with Gasteiger partial charge in [-0.3, -0.25) is 4.79 Å². The summed E-state index contributed by atoms with van der Waals surface area (Å²) in [5.74, 6) is -0.190. The molecule has 0 spiro atoms. The van der Waals surface area contributed by atoms with Crippen molar-refractivity contribution in [2.24, 2.45) is 0 Å². The molecule has 0 unspecified atom stereocenters. The molecular weight excluding hydrogens is 228 g/mol. The molecule has 5 nitrogen and oxygen atoms in total. The number of hydrogen-bond acceptors (Lipinski definition) is 3. The third-order valence-corrected chi connectivity index (χ3v) is 2.64. The van der Waals surface area contributed by atoms with Gasteiger partial charge in [0.15, 0.2) is 0 Å². The fraction of sp³-hybridized carbons (Fsp3) is 0.308. The molecule has 0 bridgehead atoms. The summed E-state index contributed by atoms with van der Waals surface area (Å²) in [6.45, 7) is 3.62. The van der Waals surface area contributed by atoms with E-state index < -0.39 is 6.04 Å². The summed E-state index contributed by atoms with van der Waals surface area (Å²) in [5.41, 5.74) is 2.62. The van der Waals surface area contributed by atoms with Crippen LogP contribution in [0.3, 0.4) is 0 Å². The first-order valence-electron chi connectivity index (χ1n) is 5.72. The number of aromatic nitrogens is 2. The molecule has 2 heterocycles. The van der Waals surface area contributed by atoms with Crippen molar-refractivity contribution in [2.45, 2.75) is 26.3 Å². The molecule has 0 fully saturated rings. The van der Waals surface area contributed by atoms with Gasteiger partial charge in [-0.2, -0.15) is 5.26 Å². The Morgan fingerprint density at radius 2 is 2.44 bits per heavy atom. The molecule has 0 saturated heterocycles. The Morgan fingerprint density at radius 3 is 3.11 bits per heavy atom. The van der Waals surface area contributed by atoms with Gasteiger partial charge in [0.1, 0.15) is 11.7 Å². The van der Waals surface area contributed by atoms with Crippen LogP contribution in [-0.2, 0) is 11.2 Å². The highest BCUT2D eigenvalue weighted by molar-refractivity contribution is 5.78. The summed E-state index contributed by atoms with van der Waals surface area (Å²) in [6.07, 6.45) is 3.92. The number of rotatable bonds is 3. The fourth-order valence-corrected chi connectivity index (χ4v) is 1.78. The van der Waals surface area contributed by atoms with E-state index in [1.807, 2.05) is 41.9 Å². The van der Waals surface area contributed by atoms with Gasteiger partial charge in [0.05, 0.1) is 18.2 Å². The lowest BCUT2D eigenvalue weighted by molar-refractivity contribution is -0.120. The zero-order valence-electron chi connectivity index (χ0n) is 10.3. The van der Waals surface area contributed by atoms with Gasteiger partial charge in [-0.25, -0.2) is 4.98 Å². The highest BCUT2D eigenvalue weighted by Crippen LogP contribution is 2.10. The first-order chi connectivity index (χ1) is 8.60. The van der Waals surface area contributed by atoms with E-state index in [2.05, 4.69) is 10.3 Å². The molecular formula is C13H14N4O. The molecule has 0 aromatic carbocycles. The van der Waals surface area contributed by atoms with Crippen LogP contribution in [0.25, 0.3) is 5.65 Å². The van der Waals surface area contributed by atoms with E-state index in [-0.39, 0.29) is 12.3 Å². The minimum Gasteiger partial charge on any atom is -0.340 e. The maximum absolute atomic E-state index is 11.6. The number of imidazole rings is 1. The van der Waals surface area contributed by atoms with Gasteiger partial charge in [-0.05, 0) is 25.5 Å². The molecule has 5 heteroatoms. The smallest absolute Gasteiger partial charge is 0.227 e. The van der Waals surface area contributed by atoms with Crippen LogP contribution in [0.15, 0.2) is 24.5 Å². The molecule has 0 saturated carbocycles. The van der Waals surface area contributed by atoms with Crippen molar-refractivity contribution >= 4 is 11.6 Å². The normalized spacial score (nSPS) is 12.1. The number of nitrogens with one attached hydrogen (secondary N) is 1. The SMILES string of the molecule is Cc1cccn2cc(CC(=O)N[C@H](C)C#N)nc12. The lowest BCUT2D eigenvalue weighted by Crippen LogP contribution is -2.32. The molecule has 0 aliphatic heterocycles. The lowest BCUT2D eigenvalue weighted by atomic mass is 10.3. The van der Waals surface area contributed by atoms with E-state index in [1.165, 1.54) is 0 Å². The van der Waals surface area contributed by atoms with Gasteiger partial charge in [0.25, 0.3) is 0 Å². The van der Waals surface area contributed by atoms with Crippen molar-refractivity contribution < 1.29 is 4.79 Å². The van der Waals surface area contributed by atoms with Crippen LogP contribution in [0.5, 0.6) is 0 Å². The summed E-state index contributed by atoms with van der Waals surface area (Å²) in [7, 11) is 0. The number of carbonyl (C=O) groups excluding carboxylic acids is 1. The molecule has 2 aromatic rings. The first-order valence-corrected chi connectivity index (χ1v) is 5.72. The Labute approximate surface area is 105 Å². The highest BCUT2D eigenvalue weighted by atomic mass is 16.1. The largest absolute Gasteiger partial charge is 0.340 e. The maximum Gasteiger partial charge on any atom is 0.227 e. The van der Waals surface area contributed by atoms with Gasteiger partial charge in [-0.1, -0.05) is 6.07 Å². The number of aryl methyl sites for hydroxylation is 1. The van der Waals surface area contributed by atoms with Gasteiger partial charge in [0.2, 0.25) is 5.91 Å². The topological polar surface area (TPSA) is 70.2 Å². The number of carbonyl (C=O) groups is 1. The van der Waals surface area contributed by atoms with Gasteiger partial charge < -0.3 is 9.72 Å². The van der Waals surface area contributed by atoms with Crippen molar-refractivity contribution in [3.05, 3.63) is 35.8 Å². The van der Waals surface area contributed by atoms with Crippen LogP contribution in [0.1, 0.15) is 18.2 Å². The van der Waals surface area contributed by atoms with E-state index in [0.29, 0.717) is 5.69 Å². The van der Waals surface area contributed by atoms with Gasteiger partial charge in [-0.15, -0.1) is 0 Å². The molecule has 0 aliphatic carbocycles. The Morgan fingerprint density at radius 1 is 1.67 bits per heavy atom. The molecule has 2 rings (SSSR count). The second-order valence-electron chi connectivity index (χ2n) is 4.25. The summed E-state index contributed by atoms with van der Waals surface area (Å²) in [4.78, 5) is 16.0. The number of pyridine rings is 1. The zero-order valence-corrected chi connectivity index (χ0v) is 10.3. The molecule has 1 N–H and O–H groups in total. The lowest BCUT2D eigenvalue weighted by Gasteiger charge is -2.03. The van der Waals surface area contributed by atoms with Crippen LogP contribution < -0.4 is 5.32 Å². The van der Waals surface area contributed by atoms with E-state index in [4.69, 9.17) is 5.26 Å². The van der Waals surface area contributed by atoms with Gasteiger partial charge >= 0.3 is 0 Å². The zero-order chi connectivity index (χ0) is 13.1. The number of hydrogen-bond donors (Lipinski definition) is 1. The Kier molecular flexibility index (Phi) is 3.28.